The van der Waals surface area contributed by atoms with Crippen LogP contribution >= 0.6 is 11.3 Å². The number of carbonyl (C=O) groups is 1. The number of aliphatic carboxylic acids is 1. The van der Waals surface area contributed by atoms with Crippen LogP contribution in [-0.2, 0) is 11.2 Å². The van der Waals surface area contributed by atoms with Gasteiger partial charge in [-0.15, -0.1) is 5.10 Å². The largest absolute Gasteiger partial charge is 0.480 e. The topological polar surface area (TPSA) is 96.6 Å². The van der Waals surface area contributed by atoms with Crippen LogP contribution in [0.3, 0.4) is 0 Å². The van der Waals surface area contributed by atoms with Gasteiger partial charge < -0.3 is 10.4 Å². The SMILES string of the molecule is CCCc1cc(=O)n2nc(N[C@@H](C)C(=O)O)sc2n1. The number of hydrogen-bond acceptors (Lipinski definition) is 6. The maximum atomic E-state index is 11.8. The van der Waals surface area contributed by atoms with Gasteiger partial charge in [-0.3, -0.25) is 9.59 Å². The average molecular weight is 282 g/mol. The molecular formula is C11H14N4O3S. The average Bonchev–Trinajstić information content (AvgIpc) is 2.72. The first-order valence-corrected chi connectivity index (χ1v) is 6.72. The van der Waals surface area contributed by atoms with Gasteiger partial charge in [0.15, 0.2) is 0 Å². The molecule has 19 heavy (non-hydrogen) atoms. The summed E-state index contributed by atoms with van der Waals surface area (Å²) in [5, 5.41) is 15.9. The maximum absolute atomic E-state index is 11.8. The molecule has 0 aliphatic carbocycles. The van der Waals surface area contributed by atoms with Gasteiger partial charge in [0.1, 0.15) is 6.04 Å². The van der Waals surface area contributed by atoms with E-state index in [2.05, 4.69) is 15.4 Å². The van der Waals surface area contributed by atoms with E-state index in [1.807, 2.05) is 6.92 Å². The lowest BCUT2D eigenvalue weighted by Gasteiger charge is -2.05. The minimum atomic E-state index is -0.980. The van der Waals surface area contributed by atoms with Crippen molar-refractivity contribution >= 4 is 27.4 Å². The number of anilines is 1. The number of carboxylic acids is 1. The molecule has 2 aromatic heterocycles. The lowest BCUT2D eigenvalue weighted by Crippen LogP contribution is -2.25. The van der Waals surface area contributed by atoms with Gasteiger partial charge in [-0.2, -0.15) is 4.52 Å². The Morgan fingerprint density at radius 2 is 2.37 bits per heavy atom. The number of fused-ring (bicyclic) bond motifs is 1. The van der Waals surface area contributed by atoms with Gasteiger partial charge in [0.05, 0.1) is 0 Å². The summed E-state index contributed by atoms with van der Waals surface area (Å²) in [6.45, 7) is 3.52. The molecule has 102 valence electrons. The number of hydrogen-bond donors (Lipinski definition) is 2. The Bertz CT molecular complexity index is 663. The van der Waals surface area contributed by atoms with Crippen molar-refractivity contribution < 1.29 is 9.90 Å². The monoisotopic (exact) mass is 282 g/mol. The second kappa shape index (κ2) is 5.35. The van der Waals surface area contributed by atoms with Gasteiger partial charge in [0.25, 0.3) is 5.56 Å². The molecule has 0 aromatic carbocycles. The Kier molecular flexibility index (Phi) is 3.79. The molecule has 0 fully saturated rings. The van der Waals surface area contributed by atoms with Crippen molar-refractivity contribution in [3.05, 3.63) is 22.1 Å². The van der Waals surface area contributed by atoms with Gasteiger partial charge >= 0.3 is 5.97 Å². The first-order valence-electron chi connectivity index (χ1n) is 5.90. The summed E-state index contributed by atoms with van der Waals surface area (Å²) in [7, 11) is 0. The summed E-state index contributed by atoms with van der Waals surface area (Å²) in [5.74, 6) is -0.980. The molecule has 0 aliphatic rings. The molecule has 0 radical (unpaired) electrons. The standard InChI is InChI=1S/C11H14N4O3S/c1-3-4-7-5-8(16)15-11(13-7)19-10(14-15)12-6(2)9(17)18/h5-6H,3-4H2,1-2H3,(H,12,14)(H,17,18)/t6-/m0/s1. The van der Waals surface area contributed by atoms with Crippen molar-refractivity contribution in [2.75, 3.05) is 5.32 Å². The third-order valence-electron chi connectivity index (χ3n) is 2.51. The molecule has 2 aromatic rings. The van der Waals surface area contributed by atoms with Crippen LogP contribution in [0.25, 0.3) is 4.96 Å². The van der Waals surface area contributed by atoms with E-state index in [4.69, 9.17) is 5.11 Å². The van der Waals surface area contributed by atoms with E-state index < -0.39 is 12.0 Å². The molecule has 0 unspecified atom stereocenters. The Balaban J connectivity index is 2.37. The van der Waals surface area contributed by atoms with E-state index in [1.165, 1.54) is 17.5 Å². The number of rotatable bonds is 5. The Morgan fingerprint density at radius 3 is 3.00 bits per heavy atom. The molecule has 8 heteroatoms. The Labute approximate surface area is 112 Å². The van der Waals surface area contributed by atoms with Crippen LogP contribution in [0.1, 0.15) is 26.0 Å². The second-order valence-electron chi connectivity index (χ2n) is 4.14. The van der Waals surface area contributed by atoms with E-state index in [0.717, 1.165) is 29.9 Å². The summed E-state index contributed by atoms with van der Waals surface area (Å²) >= 11 is 1.16. The van der Waals surface area contributed by atoms with Crippen molar-refractivity contribution in [2.24, 2.45) is 0 Å². The van der Waals surface area contributed by atoms with Gasteiger partial charge in [0.2, 0.25) is 10.1 Å². The van der Waals surface area contributed by atoms with Crippen LogP contribution in [0.5, 0.6) is 0 Å². The highest BCUT2D eigenvalue weighted by Gasteiger charge is 2.14. The molecule has 0 saturated carbocycles. The van der Waals surface area contributed by atoms with E-state index in [-0.39, 0.29) is 5.56 Å². The first kappa shape index (κ1) is 13.5. The van der Waals surface area contributed by atoms with Crippen LogP contribution in [0, 0.1) is 0 Å². The van der Waals surface area contributed by atoms with Gasteiger partial charge in [0, 0.05) is 11.8 Å². The van der Waals surface area contributed by atoms with Crippen LogP contribution in [-0.4, -0.2) is 31.7 Å². The highest BCUT2D eigenvalue weighted by atomic mass is 32.1. The fraction of sp³-hybridized carbons (Fsp3) is 0.455. The quantitative estimate of drug-likeness (QED) is 0.849. The molecule has 7 nitrogen and oxygen atoms in total. The third kappa shape index (κ3) is 2.90. The summed E-state index contributed by atoms with van der Waals surface area (Å²) < 4.78 is 1.18. The van der Waals surface area contributed by atoms with E-state index in [0.29, 0.717) is 10.1 Å². The molecule has 0 saturated heterocycles. The molecule has 1 atom stereocenters. The molecule has 0 aliphatic heterocycles. The smallest absolute Gasteiger partial charge is 0.325 e. The normalized spacial score (nSPS) is 12.5. The minimum Gasteiger partial charge on any atom is -0.480 e. The number of aryl methyl sites for hydroxylation is 1. The fourth-order valence-corrected chi connectivity index (χ4v) is 2.46. The second-order valence-corrected chi connectivity index (χ2v) is 5.10. The fourth-order valence-electron chi connectivity index (χ4n) is 1.55. The summed E-state index contributed by atoms with van der Waals surface area (Å²) in [4.78, 5) is 27.4. The van der Waals surface area contributed by atoms with Gasteiger partial charge in [-0.1, -0.05) is 24.7 Å². The Hall–Kier alpha value is -1.96. The molecule has 0 bridgehead atoms. The molecule has 2 rings (SSSR count). The lowest BCUT2D eigenvalue weighted by molar-refractivity contribution is -0.137. The molecule has 0 amide bonds. The van der Waals surface area contributed by atoms with Crippen LogP contribution in [0.4, 0.5) is 5.13 Å². The molecule has 2 heterocycles. The van der Waals surface area contributed by atoms with Crippen molar-refractivity contribution in [2.45, 2.75) is 32.7 Å². The molecular weight excluding hydrogens is 268 g/mol. The summed E-state index contributed by atoms with van der Waals surface area (Å²) in [6.07, 6.45) is 1.64. The van der Waals surface area contributed by atoms with Crippen molar-refractivity contribution in [1.82, 2.24) is 14.6 Å². The Morgan fingerprint density at radius 1 is 1.63 bits per heavy atom. The van der Waals surface area contributed by atoms with Gasteiger partial charge in [-0.05, 0) is 13.3 Å². The van der Waals surface area contributed by atoms with E-state index >= 15 is 0 Å². The predicted octanol–water partition coefficient (Wildman–Crippen LogP) is 0.989. The zero-order valence-corrected chi connectivity index (χ0v) is 11.4. The number of aromatic nitrogens is 3. The lowest BCUT2D eigenvalue weighted by atomic mass is 10.2. The van der Waals surface area contributed by atoms with Crippen LogP contribution in [0.2, 0.25) is 0 Å². The third-order valence-corrected chi connectivity index (χ3v) is 3.35. The highest BCUT2D eigenvalue weighted by Crippen LogP contribution is 2.17. The minimum absolute atomic E-state index is 0.249. The van der Waals surface area contributed by atoms with Crippen molar-refractivity contribution in [3.8, 4) is 0 Å². The van der Waals surface area contributed by atoms with Crippen molar-refractivity contribution in [3.63, 3.8) is 0 Å². The molecule has 2 N–H and O–H groups in total. The van der Waals surface area contributed by atoms with Crippen LogP contribution in [0.15, 0.2) is 10.9 Å². The molecule has 0 spiro atoms. The van der Waals surface area contributed by atoms with Gasteiger partial charge in [-0.25, -0.2) is 4.98 Å². The summed E-state index contributed by atoms with van der Waals surface area (Å²) in [6, 6.07) is 0.687. The highest BCUT2D eigenvalue weighted by molar-refractivity contribution is 7.20. The summed E-state index contributed by atoms with van der Waals surface area (Å²) in [5.41, 5.74) is 0.481. The number of nitrogens with one attached hydrogen (secondary N) is 1. The number of carboxylic acid groups (broad SMARTS) is 1. The van der Waals surface area contributed by atoms with Crippen LogP contribution < -0.4 is 10.9 Å². The van der Waals surface area contributed by atoms with E-state index in [1.54, 1.807) is 0 Å². The van der Waals surface area contributed by atoms with E-state index in [9.17, 15) is 9.59 Å². The zero-order chi connectivity index (χ0) is 14.0. The van der Waals surface area contributed by atoms with Crippen molar-refractivity contribution in [1.29, 1.82) is 0 Å². The first-order chi connectivity index (χ1) is 9.01. The predicted molar refractivity (Wildman–Crippen MR) is 71.8 cm³/mol. The zero-order valence-electron chi connectivity index (χ0n) is 10.6. The number of nitrogens with zero attached hydrogens (tertiary/aromatic N) is 3. The maximum Gasteiger partial charge on any atom is 0.325 e.